The average Bonchev–Trinajstić information content (AvgIpc) is 2.96. The molecule has 0 saturated heterocycles. The highest BCUT2D eigenvalue weighted by Gasteiger charge is 2.24. The van der Waals surface area contributed by atoms with Crippen molar-refractivity contribution >= 4 is 39.2 Å². The molecule has 0 amide bonds. The molecule has 6 N–H and O–H groups in total. The highest BCUT2D eigenvalue weighted by Crippen LogP contribution is 2.30. The van der Waals surface area contributed by atoms with Gasteiger partial charge >= 0.3 is 11.9 Å². The molecule has 0 aliphatic rings. The molecule has 0 radical (unpaired) electrons. The summed E-state index contributed by atoms with van der Waals surface area (Å²) in [6, 6.07) is 21.6. The van der Waals surface area contributed by atoms with Crippen molar-refractivity contribution in [1.82, 2.24) is 0 Å². The first-order chi connectivity index (χ1) is 19.4. The predicted octanol–water partition coefficient (Wildman–Crippen LogP) is 4.64. The Bertz CT molecular complexity index is 1610. The zero-order valence-corrected chi connectivity index (χ0v) is 22.4. The minimum absolute atomic E-state index is 0.242. The van der Waals surface area contributed by atoms with Crippen LogP contribution in [0.25, 0.3) is 26.4 Å². The van der Waals surface area contributed by atoms with E-state index in [0.29, 0.717) is 22.0 Å². The van der Waals surface area contributed by atoms with Crippen LogP contribution in [0.1, 0.15) is 25.0 Å². The van der Waals surface area contributed by atoms with Crippen LogP contribution in [0.2, 0.25) is 0 Å². The molecule has 212 valence electrons. The molecule has 41 heavy (non-hydrogen) atoms. The van der Waals surface area contributed by atoms with Crippen molar-refractivity contribution in [3.63, 3.8) is 0 Å². The summed E-state index contributed by atoms with van der Waals surface area (Å²) in [6.07, 6.45) is -1.66. The Morgan fingerprint density at radius 1 is 0.878 bits per heavy atom. The normalized spacial score (nSPS) is 13.2. The van der Waals surface area contributed by atoms with Gasteiger partial charge in [-0.05, 0) is 48.7 Å². The fraction of sp³-hybridized carbons (Fsp3) is 0.226. The van der Waals surface area contributed by atoms with Crippen molar-refractivity contribution in [2.24, 2.45) is 11.7 Å². The number of nitrogens with two attached hydrogens (primary N) is 1. The summed E-state index contributed by atoms with van der Waals surface area (Å²) in [5.41, 5.74) is 6.80. The lowest BCUT2D eigenvalue weighted by atomic mass is 9.91. The summed E-state index contributed by atoms with van der Waals surface area (Å²) in [4.78, 5) is 24.5. The zero-order chi connectivity index (χ0) is 30.7. The van der Waals surface area contributed by atoms with E-state index < -0.39 is 36.1 Å². The van der Waals surface area contributed by atoms with Crippen molar-refractivity contribution < 1.29 is 34.4 Å². The van der Waals surface area contributed by atoms with E-state index in [1.807, 2.05) is 30.3 Å². The molecule has 0 aliphatic heterocycles. The van der Waals surface area contributed by atoms with Crippen molar-refractivity contribution in [1.29, 1.82) is 5.26 Å². The van der Waals surface area contributed by atoms with Gasteiger partial charge in [-0.25, -0.2) is 9.24 Å². The van der Waals surface area contributed by atoms with Gasteiger partial charge in [0.05, 0.1) is 36.3 Å². The molecule has 0 bridgehead atoms. The van der Waals surface area contributed by atoms with Crippen LogP contribution in [0.5, 0.6) is 0 Å². The van der Waals surface area contributed by atoms with Crippen LogP contribution in [0.15, 0.2) is 72.8 Å². The molecule has 0 aromatic heterocycles. The van der Waals surface area contributed by atoms with Crippen LogP contribution in [0.3, 0.4) is 0 Å². The van der Waals surface area contributed by atoms with E-state index in [9.17, 15) is 19.1 Å². The van der Waals surface area contributed by atoms with Crippen LogP contribution in [0.4, 0.5) is 10.1 Å². The highest BCUT2D eigenvalue weighted by molar-refractivity contribution is 5.96. The van der Waals surface area contributed by atoms with E-state index >= 15 is 0 Å². The molecule has 10 heteroatoms. The maximum Gasteiger partial charge on any atom is 0.323 e. The summed E-state index contributed by atoms with van der Waals surface area (Å²) in [6.45, 7) is 9.98. The van der Waals surface area contributed by atoms with Crippen LogP contribution in [0, 0.1) is 29.6 Å². The van der Waals surface area contributed by atoms with Crippen molar-refractivity contribution in [2.75, 3.05) is 0 Å². The second-order valence-electron chi connectivity index (χ2n) is 9.15. The van der Waals surface area contributed by atoms with E-state index in [4.69, 9.17) is 32.9 Å². The van der Waals surface area contributed by atoms with Gasteiger partial charge in [0, 0.05) is 10.8 Å². The van der Waals surface area contributed by atoms with Gasteiger partial charge in [0.1, 0.15) is 11.9 Å². The second kappa shape index (κ2) is 15.1. The molecule has 0 unspecified atom stereocenters. The Morgan fingerprint density at radius 3 is 1.90 bits per heavy atom. The van der Waals surface area contributed by atoms with Crippen molar-refractivity contribution in [3.05, 3.63) is 101 Å². The van der Waals surface area contributed by atoms with E-state index in [0.717, 1.165) is 16.3 Å². The average molecular weight is 560 g/mol. The first kappa shape index (κ1) is 32.3. The standard InChI is InChI=1S/C16H15NO3.C11H6FN.C4H9NO3/c1-10(18)14(16(19)20)9-11-7-8-15(17-2)13-6-4-3-5-12(11)13;12-11-6-5-8(7-13)9-3-1-2-4-10(9)11;1-2(6)3(5)4(7)8/h3-8,10,14,18H,9H2,1H3,(H,19,20);1-6H;2-3,6H,5H2,1H3,(H,7,8)/t10-,14-;;2-,3-/m1.1/s1. The number of carbonyl (C=O) groups is 2. The van der Waals surface area contributed by atoms with Gasteiger partial charge in [0.25, 0.3) is 0 Å². The number of aliphatic hydroxyl groups is 2. The van der Waals surface area contributed by atoms with Crippen LogP contribution >= 0.6 is 0 Å². The fourth-order valence-electron chi connectivity index (χ4n) is 3.89. The third-order valence-corrected chi connectivity index (χ3v) is 6.25. The Balaban J connectivity index is 0.000000240. The molecule has 0 spiro atoms. The molecule has 4 aromatic carbocycles. The molecule has 9 nitrogen and oxygen atoms in total. The first-order valence-electron chi connectivity index (χ1n) is 12.5. The van der Waals surface area contributed by atoms with Crippen LogP contribution in [-0.4, -0.2) is 50.6 Å². The van der Waals surface area contributed by atoms with E-state index in [2.05, 4.69) is 4.85 Å². The quantitative estimate of drug-likeness (QED) is 0.213. The molecule has 4 atom stereocenters. The first-order valence-corrected chi connectivity index (χ1v) is 12.5. The predicted molar refractivity (Wildman–Crippen MR) is 153 cm³/mol. The number of hydrogen-bond acceptors (Lipinski definition) is 6. The number of carboxylic acids is 2. The maximum atomic E-state index is 13.2. The number of fused-ring (bicyclic) bond motifs is 2. The SMILES string of the molecule is C[C@@H](O)[C@@H](N)C(=O)O.N#Cc1ccc(F)c2ccccc12.[C-]#[N+]c1ccc(C[C@@H](C(=O)O)[C@@H](C)O)c2ccccc12. The minimum atomic E-state index is -1.18. The van der Waals surface area contributed by atoms with Crippen molar-refractivity contribution in [2.45, 2.75) is 38.5 Å². The van der Waals surface area contributed by atoms with Gasteiger partial charge in [-0.2, -0.15) is 5.26 Å². The molecular weight excluding hydrogens is 529 g/mol. The molecule has 0 heterocycles. The van der Waals surface area contributed by atoms with Crippen LogP contribution in [-0.2, 0) is 16.0 Å². The Labute approximate surface area is 236 Å². The smallest absolute Gasteiger partial charge is 0.323 e. The number of halogens is 1. The lowest BCUT2D eigenvalue weighted by molar-refractivity contribution is -0.145. The monoisotopic (exact) mass is 559 g/mol. The third-order valence-electron chi connectivity index (χ3n) is 6.25. The summed E-state index contributed by atoms with van der Waals surface area (Å²) < 4.78 is 13.2. The number of nitriles is 1. The lowest BCUT2D eigenvalue weighted by Crippen LogP contribution is -2.39. The zero-order valence-electron chi connectivity index (χ0n) is 22.4. The largest absolute Gasteiger partial charge is 0.481 e. The van der Waals surface area contributed by atoms with E-state index in [-0.39, 0.29) is 12.2 Å². The number of aliphatic carboxylic acids is 2. The molecule has 0 fully saturated rings. The molecular formula is C31H30FN3O6. The number of hydrogen-bond donors (Lipinski definition) is 5. The Morgan fingerprint density at radius 2 is 1.44 bits per heavy atom. The summed E-state index contributed by atoms with van der Waals surface area (Å²) in [5, 5.41) is 46.9. The number of benzene rings is 4. The van der Waals surface area contributed by atoms with Crippen molar-refractivity contribution in [3.8, 4) is 6.07 Å². The van der Waals surface area contributed by atoms with Gasteiger partial charge in [-0.1, -0.05) is 60.7 Å². The fourth-order valence-corrected chi connectivity index (χ4v) is 3.89. The molecule has 4 rings (SSSR count). The molecule has 4 aromatic rings. The topological polar surface area (TPSA) is 169 Å². The Kier molecular flexibility index (Phi) is 11.9. The number of carboxylic acid groups (broad SMARTS) is 2. The lowest BCUT2D eigenvalue weighted by Gasteiger charge is -2.17. The summed E-state index contributed by atoms with van der Waals surface area (Å²) >= 11 is 0. The van der Waals surface area contributed by atoms with Gasteiger partial charge < -0.3 is 26.2 Å². The Hall–Kier alpha value is -4.87. The summed E-state index contributed by atoms with van der Waals surface area (Å²) in [7, 11) is 0. The van der Waals surface area contributed by atoms with Crippen LogP contribution < -0.4 is 5.73 Å². The second-order valence-corrected chi connectivity index (χ2v) is 9.15. The highest BCUT2D eigenvalue weighted by atomic mass is 19.1. The minimum Gasteiger partial charge on any atom is -0.481 e. The van der Waals surface area contributed by atoms with Gasteiger partial charge in [-0.3, -0.25) is 9.59 Å². The number of aliphatic hydroxyl groups excluding tert-OH is 2. The van der Waals surface area contributed by atoms with E-state index in [1.165, 1.54) is 26.0 Å². The van der Waals surface area contributed by atoms with Gasteiger partial charge in [-0.15, -0.1) is 0 Å². The third kappa shape index (κ3) is 8.56. The maximum absolute atomic E-state index is 13.2. The molecule has 0 aliphatic carbocycles. The summed E-state index contributed by atoms with van der Waals surface area (Å²) in [5.74, 6) is -3.33. The molecule has 0 saturated carbocycles. The van der Waals surface area contributed by atoms with Gasteiger partial charge in [0.15, 0.2) is 5.69 Å². The number of rotatable bonds is 6. The number of nitrogens with zero attached hydrogens (tertiary/aromatic N) is 2. The van der Waals surface area contributed by atoms with E-state index in [1.54, 1.807) is 36.4 Å². The van der Waals surface area contributed by atoms with Gasteiger partial charge in [0.2, 0.25) is 0 Å².